The molecule has 0 bridgehead atoms. The normalized spacial score (nSPS) is 18.7. The molecule has 0 radical (unpaired) electrons. The highest BCUT2D eigenvalue weighted by Gasteiger charge is 2.27. The molecule has 1 aliphatic rings. The Labute approximate surface area is 162 Å². The van der Waals surface area contributed by atoms with E-state index in [-0.39, 0.29) is 6.61 Å². The Balaban J connectivity index is 1.54. The topological polar surface area (TPSA) is 53.8 Å². The van der Waals surface area contributed by atoms with Crippen LogP contribution in [-0.4, -0.2) is 70.1 Å². The first-order valence-electron chi connectivity index (χ1n) is 10.1. The summed E-state index contributed by atoms with van der Waals surface area (Å²) in [7, 11) is 0. The predicted octanol–water partition coefficient (Wildman–Crippen LogP) is 2.24. The van der Waals surface area contributed by atoms with Crippen molar-refractivity contribution >= 4 is 0 Å². The first-order valence-corrected chi connectivity index (χ1v) is 10.1. The van der Waals surface area contributed by atoms with Gasteiger partial charge in [-0.15, -0.1) is 0 Å². The highest BCUT2D eigenvalue weighted by molar-refractivity contribution is 5.33. The average molecular weight is 373 g/mol. The molecule has 1 aliphatic heterocycles. The molecule has 1 saturated heterocycles. The van der Waals surface area contributed by atoms with Crippen LogP contribution in [0.1, 0.15) is 25.3 Å². The lowest BCUT2D eigenvalue weighted by atomic mass is 10.1. The van der Waals surface area contributed by atoms with Gasteiger partial charge in [0, 0.05) is 69.9 Å². The van der Waals surface area contributed by atoms with Gasteiger partial charge < -0.3 is 14.7 Å². The molecular formula is C21H32N4O2. The zero-order valence-electron chi connectivity index (χ0n) is 16.3. The summed E-state index contributed by atoms with van der Waals surface area (Å²) in [5.74, 6) is 0.976. The quantitative estimate of drug-likeness (QED) is 0.693. The Kier molecular flexibility index (Phi) is 7.68. The molecule has 27 heavy (non-hydrogen) atoms. The van der Waals surface area contributed by atoms with E-state index in [1.807, 2.05) is 42.2 Å². The molecule has 0 saturated carbocycles. The Morgan fingerprint density at radius 2 is 2.07 bits per heavy atom. The molecule has 0 spiro atoms. The third kappa shape index (κ3) is 5.79. The number of aliphatic hydroxyl groups is 1. The van der Waals surface area contributed by atoms with E-state index in [0.717, 1.165) is 57.9 Å². The predicted molar refractivity (Wildman–Crippen MR) is 107 cm³/mol. The van der Waals surface area contributed by atoms with Gasteiger partial charge >= 0.3 is 0 Å². The van der Waals surface area contributed by atoms with Crippen LogP contribution >= 0.6 is 0 Å². The lowest BCUT2D eigenvalue weighted by Gasteiger charge is -2.41. The summed E-state index contributed by atoms with van der Waals surface area (Å²) < 4.78 is 7.78. The summed E-state index contributed by atoms with van der Waals surface area (Å²) in [4.78, 5) is 5.02. The van der Waals surface area contributed by atoms with Crippen molar-refractivity contribution < 1.29 is 9.84 Å². The second-order valence-corrected chi connectivity index (χ2v) is 7.10. The molecule has 1 aromatic carbocycles. The van der Waals surface area contributed by atoms with Gasteiger partial charge in [0.15, 0.2) is 0 Å². The maximum atomic E-state index is 9.55. The van der Waals surface area contributed by atoms with Crippen LogP contribution in [0, 0.1) is 0 Å². The third-order valence-corrected chi connectivity index (χ3v) is 5.22. The first kappa shape index (κ1) is 19.9. The highest BCUT2D eigenvalue weighted by Crippen LogP contribution is 2.23. The van der Waals surface area contributed by atoms with Crippen LogP contribution in [0.4, 0.5) is 0 Å². The molecule has 0 amide bonds. The van der Waals surface area contributed by atoms with Gasteiger partial charge in [0.05, 0.1) is 6.61 Å². The molecule has 3 rings (SSSR count). The Morgan fingerprint density at radius 1 is 1.19 bits per heavy atom. The van der Waals surface area contributed by atoms with Gasteiger partial charge in [0.25, 0.3) is 0 Å². The number of ether oxygens (including phenoxy) is 1. The maximum Gasteiger partial charge on any atom is 0.123 e. The molecule has 1 aromatic heterocycles. The molecule has 1 fully saturated rings. The largest absolute Gasteiger partial charge is 0.494 e. The number of para-hydroxylation sites is 1. The number of piperazine rings is 1. The number of aromatic nitrogens is 2. The van der Waals surface area contributed by atoms with E-state index >= 15 is 0 Å². The highest BCUT2D eigenvalue weighted by atomic mass is 16.5. The van der Waals surface area contributed by atoms with Gasteiger partial charge in [-0.05, 0) is 31.9 Å². The van der Waals surface area contributed by atoms with Crippen molar-refractivity contribution in [3.05, 3.63) is 48.3 Å². The molecule has 6 heteroatoms. The Morgan fingerprint density at radius 3 is 2.85 bits per heavy atom. The smallest absolute Gasteiger partial charge is 0.123 e. The van der Waals surface area contributed by atoms with Gasteiger partial charge in [-0.25, -0.2) is 0 Å². The van der Waals surface area contributed by atoms with Crippen LogP contribution in [0.2, 0.25) is 0 Å². The molecule has 0 aliphatic carbocycles. The molecule has 2 heterocycles. The van der Waals surface area contributed by atoms with Gasteiger partial charge in [0.1, 0.15) is 5.75 Å². The van der Waals surface area contributed by atoms with Crippen molar-refractivity contribution in [1.29, 1.82) is 0 Å². The monoisotopic (exact) mass is 372 g/mol. The summed E-state index contributed by atoms with van der Waals surface area (Å²) in [6.45, 7) is 8.94. The SMILES string of the molecule is CCOc1ccccc1CN1CCN(CCCn2cccn2)C[C@H]1CCO. The van der Waals surface area contributed by atoms with Gasteiger partial charge in [-0.2, -0.15) is 5.10 Å². The third-order valence-electron chi connectivity index (χ3n) is 5.22. The summed E-state index contributed by atoms with van der Waals surface area (Å²) in [5.41, 5.74) is 1.23. The summed E-state index contributed by atoms with van der Waals surface area (Å²) >= 11 is 0. The molecule has 0 unspecified atom stereocenters. The van der Waals surface area contributed by atoms with E-state index in [2.05, 4.69) is 27.0 Å². The second-order valence-electron chi connectivity index (χ2n) is 7.10. The van der Waals surface area contributed by atoms with E-state index in [1.54, 1.807) is 0 Å². The molecule has 2 aromatic rings. The van der Waals surface area contributed by atoms with E-state index in [9.17, 15) is 5.11 Å². The van der Waals surface area contributed by atoms with E-state index in [4.69, 9.17) is 4.74 Å². The van der Waals surface area contributed by atoms with Crippen LogP contribution in [0.15, 0.2) is 42.7 Å². The Bertz CT molecular complexity index is 662. The number of benzene rings is 1. The average Bonchev–Trinajstić information content (AvgIpc) is 3.19. The fraction of sp³-hybridized carbons (Fsp3) is 0.571. The Hall–Kier alpha value is -1.89. The lowest BCUT2D eigenvalue weighted by molar-refractivity contribution is 0.0520. The zero-order chi connectivity index (χ0) is 18.9. The van der Waals surface area contributed by atoms with Crippen LogP contribution in [-0.2, 0) is 13.1 Å². The zero-order valence-corrected chi connectivity index (χ0v) is 16.3. The fourth-order valence-electron chi connectivity index (χ4n) is 3.83. The molecular weight excluding hydrogens is 340 g/mol. The molecule has 1 N–H and O–H groups in total. The number of hydrogen-bond acceptors (Lipinski definition) is 5. The van der Waals surface area contributed by atoms with Crippen LogP contribution < -0.4 is 4.74 Å². The number of nitrogens with zero attached hydrogens (tertiary/aromatic N) is 4. The van der Waals surface area contributed by atoms with Crippen molar-refractivity contribution in [3.63, 3.8) is 0 Å². The van der Waals surface area contributed by atoms with Crippen LogP contribution in [0.3, 0.4) is 0 Å². The molecule has 148 valence electrons. The van der Waals surface area contributed by atoms with Crippen molar-refractivity contribution in [2.75, 3.05) is 39.4 Å². The number of aliphatic hydroxyl groups excluding tert-OH is 1. The minimum atomic E-state index is 0.232. The minimum Gasteiger partial charge on any atom is -0.494 e. The van der Waals surface area contributed by atoms with E-state index < -0.39 is 0 Å². The summed E-state index contributed by atoms with van der Waals surface area (Å²) in [6.07, 6.45) is 5.76. The van der Waals surface area contributed by atoms with E-state index in [0.29, 0.717) is 12.6 Å². The molecule has 6 nitrogen and oxygen atoms in total. The number of rotatable bonds is 10. The van der Waals surface area contributed by atoms with Gasteiger partial charge in [-0.3, -0.25) is 9.58 Å². The second kappa shape index (κ2) is 10.4. The first-order chi connectivity index (χ1) is 13.3. The van der Waals surface area contributed by atoms with Crippen LogP contribution in [0.25, 0.3) is 0 Å². The summed E-state index contributed by atoms with van der Waals surface area (Å²) in [6, 6.07) is 10.6. The standard InChI is InChI=1S/C21H32N4O2/c1-2-27-21-8-4-3-7-19(21)17-24-15-14-23(18-20(24)9-16-26)11-6-13-25-12-5-10-22-25/h3-5,7-8,10,12,20,26H,2,6,9,11,13-18H2,1H3/t20-/m1/s1. The van der Waals surface area contributed by atoms with Crippen LogP contribution in [0.5, 0.6) is 5.75 Å². The lowest BCUT2D eigenvalue weighted by Crippen LogP contribution is -2.53. The van der Waals surface area contributed by atoms with E-state index in [1.165, 1.54) is 5.56 Å². The van der Waals surface area contributed by atoms with Crippen molar-refractivity contribution in [2.24, 2.45) is 0 Å². The maximum absolute atomic E-state index is 9.55. The summed E-state index contributed by atoms with van der Waals surface area (Å²) in [5, 5.41) is 13.8. The van der Waals surface area contributed by atoms with Gasteiger partial charge in [0.2, 0.25) is 0 Å². The van der Waals surface area contributed by atoms with Crippen molar-refractivity contribution in [1.82, 2.24) is 19.6 Å². The molecule has 1 atom stereocenters. The number of hydrogen-bond donors (Lipinski definition) is 1. The van der Waals surface area contributed by atoms with Gasteiger partial charge in [-0.1, -0.05) is 18.2 Å². The number of aryl methyl sites for hydroxylation is 1. The minimum absolute atomic E-state index is 0.232. The van der Waals surface area contributed by atoms with Crippen molar-refractivity contribution in [2.45, 2.75) is 38.9 Å². The fourth-order valence-corrected chi connectivity index (χ4v) is 3.83. The van der Waals surface area contributed by atoms with Crippen molar-refractivity contribution in [3.8, 4) is 5.75 Å².